The molecule has 0 aliphatic carbocycles. The standard InChI is InChI=1S/C28H29N3O5S2/c1-28(2,3)20-11-18(10-19(14-20)26(34)30-6-8-35-9-7-30)15-31-21-12-17(4-5-22(21)36-16-24(31)32)13-23-25(33)29-27(37)38-23/h4-5,10-14H,6-9,15-16H2,1-3H3,(H,29,33,37). The van der Waals surface area contributed by atoms with Gasteiger partial charge in [0.25, 0.3) is 17.7 Å². The van der Waals surface area contributed by atoms with Crippen LogP contribution in [0.4, 0.5) is 5.69 Å². The first-order valence-corrected chi connectivity index (χ1v) is 13.6. The Bertz CT molecular complexity index is 1360. The van der Waals surface area contributed by atoms with Crippen LogP contribution in [0.15, 0.2) is 41.3 Å². The molecule has 5 rings (SSSR count). The minimum atomic E-state index is -0.238. The number of amides is 3. The Morgan fingerprint density at radius 2 is 1.89 bits per heavy atom. The highest BCUT2D eigenvalue weighted by molar-refractivity contribution is 8.26. The molecule has 0 spiro atoms. The molecule has 3 amide bonds. The maximum absolute atomic E-state index is 13.4. The van der Waals surface area contributed by atoms with Gasteiger partial charge in [-0.1, -0.05) is 56.9 Å². The molecule has 3 aliphatic heterocycles. The zero-order chi connectivity index (χ0) is 27.0. The van der Waals surface area contributed by atoms with Gasteiger partial charge < -0.3 is 24.6 Å². The summed E-state index contributed by atoms with van der Waals surface area (Å²) in [6, 6.07) is 11.4. The summed E-state index contributed by atoms with van der Waals surface area (Å²) >= 11 is 6.29. The fourth-order valence-corrected chi connectivity index (χ4v) is 5.57. The number of benzene rings is 2. The first-order valence-electron chi connectivity index (χ1n) is 12.4. The third kappa shape index (κ3) is 5.62. The number of fused-ring (bicyclic) bond motifs is 1. The summed E-state index contributed by atoms with van der Waals surface area (Å²) in [6.07, 6.45) is 1.75. The molecule has 2 aromatic rings. The summed E-state index contributed by atoms with van der Waals surface area (Å²) in [5.41, 5.74) is 3.66. The summed E-state index contributed by atoms with van der Waals surface area (Å²) in [5.74, 6) is 0.132. The molecule has 0 bridgehead atoms. The van der Waals surface area contributed by atoms with E-state index in [1.54, 1.807) is 17.0 Å². The summed E-state index contributed by atoms with van der Waals surface area (Å²) in [6.45, 7) is 8.69. The number of ether oxygens (including phenoxy) is 2. The number of thioether (sulfide) groups is 1. The van der Waals surface area contributed by atoms with E-state index in [0.717, 1.165) is 16.7 Å². The lowest BCUT2D eigenvalue weighted by Crippen LogP contribution is -2.41. The zero-order valence-corrected chi connectivity index (χ0v) is 23.2. The van der Waals surface area contributed by atoms with E-state index in [1.165, 1.54) is 11.8 Å². The van der Waals surface area contributed by atoms with Crippen LogP contribution in [0.5, 0.6) is 5.75 Å². The van der Waals surface area contributed by atoms with Gasteiger partial charge in [-0.3, -0.25) is 14.4 Å². The number of hydrogen-bond donors (Lipinski definition) is 1. The Hall–Kier alpha value is -3.21. The van der Waals surface area contributed by atoms with Gasteiger partial charge in [0, 0.05) is 18.7 Å². The predicted molar refractivity (Wildman–Crippen MR) is 151 cm³/mol. The Labute approximate surface area is 231 Å². The van der Waals surface area contributed by atoms with Crippen molar-refractivity contribution >= 4 is 57.8 Å². The van der Waals surface area contributed by atoms with Crippen LogP contribution in [0.1, 0.15) is 47.8 Å². The lowest BCUT2D eigenvalue weighted by Gasteiger charge is -2.31. The maximum Gasteiger partial charge on any atom is 0.265 e. The first kappa shape index (κ1) is 26.4. The van der Waals surface area contributed by atoms with Crippen molar-refractivity contribution < 1.29 is 23.9 Å². The number of rotatable bonds is 4. The van der Waals surface area contributed by atoms with E-state index in [9.17, 15) is 14.4 Å². The highest BCUT2D eigenvalue weighted by Crippen LogP contribution is 2.36. The van der Waals surface area contributed by atoms with E-state index in [1.807, 2.05) is 29.2 Å². The van der Waals surface area contributed by atoms with E-state index in [4.69, 9.17) is 21.7 Å². The van der Waals surface area contributed by atoms with E-state index < -0.39 is 0 Å². The van der Waals surface area contributed by atoms with Gasteiger partial charge >= 0.3 is 0 Å². The van der Waals surface area contributed by atoms with Crippen LogP contribution in [0, 0.1) is 0 Å². The zero-order valence-electron chi connectivity index (χ0n) is 21.5. The van der Waals surface area contributed by atoms with Crippen LogP contribution in [-0.4, -0.2) is 59.9 Å². The van der Waals surface area contributed by atoms with Crippen molar-refractivity contribution in [1.29, 1.82) is 0 Å². The summed E-state index contributed by atoms with van der Waals surface area (Å²) in [5, 5.41) is 2.61. The number of carbonyl (C=O) groups excluding carboxylic acids is 3. The van der Waals surface area contributed by atoms with Gasteiger partial charge in [0.2, 0.25) is 0 Å². The SMILES string of the molecule is CC(C)(C)c1cc(CN2C(=O)COc3ccc(C=C4SC(=S)NC4=O)cc32)cc(C(=O)N2CCOCC2)c1. The quantitative estimate of drug-likeness (QED) is 0.456. The van der Waals surface area contributed by atoms with Crippen LogP contribution in [-0.2, 0) is 26.3 Å². The van der Waals surface area contributed by atoms with Crippen molar-refractivity contribution in [3.8, 4) is 5.75 Å². The normalized spacial score (nSPS) is 18.9. The smallest absolute Gasteiger partial charge is 0.265 e. The number of thiocarbonyl (C=S) groups is 1. The van der Waals surface area contributed by atoms with E-state index in [-0.39, 0.29) is 36.3 Å². The molecule has 0 saturated carbocycles. The average molecular weight is 552 g/mol. The fourth-order valence-electron chi connectivity index (χ4n) is 4.53. The Balaban J connectivity index is 1.49. The molecule has 2 fully saturated rings. The van der Waals surface area contributed by atoms with Crippen molar-refractivity contribution in [2.75, 3.05) is 37.8 Å². The highest BCUT2D eigenvalue weighted by atomic mass is 32.2. The Morgan fingerprint density at radius 3 is 2.58 bits per heavy atom. The van der Waals surface area contributed by atoms with Gasteiger partial charge in [-0.2, -0.15) is 0 Å². The van der Waals surface area contributed by atoms with E-state index in [2.05, 4.69) is 32.2 Å². The van der Waals surface area contributed by atoms with Gasteiger partial charge in [-0.25, -0.2) is 0 Å². The molecule has 0 aromatic heterocycles. The molecule has 38 heavy (non-hydrogen) atoms. The van der Waals surface area contributed by atoms with Gasteiger partial charge in [0.1, 0.15) is 10.1 Å². The topological polar surface area (TPSA) is 88.2 Å². The predicted octanol–water partition coefficient (Wildman–Crippen LogP) is 3.87. The summed E-state index contributed by atoms with van der Waals surface area (Å²) in [7, 11) is 0. The number of carbonyl (C=O) groups is 3. The average Bonchev–Trinajstić information content (AvgIpc) is 3.21. The second-order valence-electron chi connectivity index (χ2n) is 10.4. The number of morpholine rings is 1. The van der Waals surface area contributed by atoms with Crippen LogP contribution in [0.25, 0.3) is 6.08 Å². The van der Waals surface area contributed by atoms with Gasteiger partial charge in [0.05, 0.1) is 30.4 Å². The second kappa shape index (κ2) is 10.5. The molecule has 1 N–H and O–H groups in total. The lowest BCUT2D eigenvalue weighted by atomic mass is 9.84. The number of nitrogens with zero attached hydrogens (tertiary/aromatic N) is 2. The third-order valence-corrected chi connectivity index (χ3v) is 7.77. The van der Waals surface area contributed by atoms with E-state index in [0.29, 0.717) is 52.5 Å². The number of hydrogen-bond acceptors (Lipinski definition) is 7. The van der Waals surface area contributed by atoms with E-state index >= 15 is 0 Å². The molecule has 2 saturated heterocycles. The van der Waals surface area contributed by atoms with Gasteiger partial charge in [-0.15, -0.1) is 0 Å². The molecule has 3 aliphatic rings. The third-order valence-electron chi connectivity index (χ3n) is 6.61. The molecular formula is C28H29N3O5S2. The molecule has 0 unspecified atom stereocenters. The lowest BCUT2D eigenvalue weighted by molar-refractivity contribution is -0.121. The molecule has 3 heterocycles. The van der Waals surface area contributed by atoms with Crippen LogP contribution < -0.4 is 15.0 Å². The van der Waals surface area contributed by atoms with Crippen LogP contribution in [0.3, 0.4) is 0 Å². The number of anilines is 1. The molecule has 8 nitrogen and oxygen atoms in total. The monoisotopic (exact) mass is 551 g/mol. The molecule has 10 heteroatoms. The minimum absolute atomic E-state index is 0.0338. The maximum atomic E-state index is 13.4. The van der Waals surface area contributed by atoms with Crippen LogP contribution in [0.2, 0.25) is 0 Å². The Morgan fingerprint density at radius 1 is 1.13 bits per heavy atom. The first-order chi connectivity index (χ1) is 18.1. The number of nitrogens with one attached hydrogen (secondary N) is 1. The summed E-state index contributed by atoms with van der Waals surface area (Å²) < 4.78 is 11.5. The van der Waals surface area contributed by atoms with Crippen molar-refractivity contribution in [1.82, 2.24) is 10.2 Å². The van der Waals surface area contributed by atoms with Crippen molar-refractivity contribution in [3.63, 3.8) is 0 Å². The molecule has 0 atom stereocenters. The largest absolute Gasteiger partial charge is 0.482 e. The van der Waals surface area contributed by atoms with Crippen LogP contribution >= 0.6 is 24.0 Å². The molecule has 0 radical (unpaired) electrons. The molecule has 198 valence electrons. The second-order valence-corrected chi connectivity index (χ2v) is 12.1. The van der Waals surface area contributed by atoms with Crippen molar-refractivity contribution in [2.45, 2.75) is 32.7 Å². The molecule has 2 aromatic carbocycles. The Kier molecular flexibility index (Phi) is 7.30. The van der Waals surface area contributed by atoms with Gasteiger partial charge in [0.15, 0.2) is 6.61 Å². The fraction of sp³-hybridized carbons (Fsp3) is 0.357. The minimum Gasteiger partial charge on any atom is -0.482 e. The van der Waals surface area contributed by atoms with Crippen molar-refractivity contribution in [3.05, 3.63) is 63.6 Å². The summed E-state index contributed by atoms with van der Waals surface area (Å²) in [4.78, 5) is 42.6. The van der Waals surface area contributed by atoms with Crippen molar-refractivity contribution in [2.24, 2.45) is 0 Å². The molecular weight excluding hydrogens is 522 g/mol. The highest BCUT2D eigenvalue weighted by Gasteiger charge is 2.29. The van der Waals surface area contributed by atoms with Gasteiger partial charge in [-0.05, 0) is 52.4 Å².